The number of benzene rings is 1. The number of alkyl carbamates (subject to hydrolysis) is 1. The highest BCUT2D eigenvalue weighted by Crippen LogP contribution is 2.28. The highest BCUT2D eigenvalue weighted by Gasteiger charge is 2.37. The van der Waals surface area contributed by atoms with E-state index in [2.05, 4.69) is 5.32 Å². The summed E-state index contributed by atoms with van der Waals surface area (Å²) in [6.07, 6.45) is -4.48. The van der Waals surface area contributed by atoms with E-state index in [1.54, 1.807) is 24.3 Å². The molecule has 0 spiro atoms. The van der Waals surface area contributed by atoms with E-state index in [-0.39, 0.29) is 6.61 Å². The highest BCUT2D eigenvalue weighted by molar-refractivity contribution is 5.69. The van der Waals surface area contributed by atoms with Crippen molar-refractivity contribution in [3.63, 3.8) is 0 Å². The molecule has 1 aromatic rings. The topological polar surface area (TPSA) is 75.6 Å². The van der Waals surface area contributed by atoms with Crippen molar-refractivity contribution in [3.8, 4) is 0 Å². The molecule has 1 aromatic carbocycles. The highest BCUT2D eigenvalue weighted by atomic mass is 19.3. The Bertz CT molecular complexity index is 481. The van der Waals surface area contributed by atoms with Crippen LogP contribution in [0.3, 0.4) is 0 Å². The molecule has 0 aliphatic rings. The predicted molar refractivity (Wildman–Crippen MR) is 71.0 cm³/mol. The van der Waals surface area contributed by atoms with Gasteiger partial charge in [-0.25, -0.2) is 13.6 Å². The summed E-state index contributed by atoms with van der Waals surface area (Å²) in [6.45, 7) is 0.630. The van der Waals surface area contributed by atoms with Gasteiger partial charge in [0.05, 0.1) is 11.8 Å². The van der Waals surface area contributed by atoms with Gasteiger partial charge >= 0.3 is 12.1 Å². The molecule has 0 aromatic heterocycles. The molecular weight excluding hydrogens is 284 g/mol. The van der Waals surface area contributed by atoms with Gasteiger partial charge in [-0.05, 0) is 5.56 Å². The first kappa shape index (κ1) is 16.9. The van der Waals surface area contributed by atoms with Gasteiger partial charge < -0.3 is 15.2 Å². The minimum absolute atomic E-state index is 0.0109. The third-order valence-electron chi connectivity index (χ3n) is 2.93. The fourth-order valence-corrected chi connectivity index (χ4v) is 1.61. The summed E-state index contributed by atoms with van der Waals surface area (Å²) >= 11 is 0. The number of amides is 1. The molecule has 0 aliphatic carbocycles. The number of ether oxygens (including phenoxy) is 1. The Morgan fingerprint density at radius 3 is 2.48 bits per heavy atom. The van der Waals surface area contributed by atoms with E-state index in [0.717, 1.165) is 12.5 Å². The SMILES string of the molecule is CC(CNC(=O)OCc1ccccc1)(CC(=O)O)C(F)F. The van der Waals surface area contributed by atoms with E-state index in [9.17, 15) is 18.4 Å². The van der Waals surface area contributed by atoms with Crippen molar-refractivity contribution in [2.75, 3.05) is 6.54 Å². The second kappa shape index (κ2) is 7.56. The van der Waals surface area contributed by atoms with Crippen molar-refractivity contribution < 1.29 is 28.2 Å². The number of aliphatic carboxylic acids is 1. The van der Waals surface area contributed by atoms with Crippen LogP contribution in [-0.4, -0.2) is 30.1 Å². The molecule has 7 heteroatoms. The number of hydrogen-bond donors (Lipinski definition) is 2. The minimum atomic E-state index is -2.87. The maximum atomic E-state index is 12.9. The van der Waals surface area contributed by atoms with E-state index in [1.165, 1.54) is 0 Å². The summed E-state index contributed by atoms with van der Waals surface area (Å²) in [5.41, 5.74) is -1.08. The number of carbonyl (C=O) groups is 2. The number of alkyl halides is 2. The summed E-state index contributed by atoms with van der Waals surface area (Å²) in [5, 5.41) is 10.8. The second-order valence-corrected chi connectivity index (χ2v) is 4.94. The number of rotatable bonds is 7. The van der Waals surface area contributed by atoms with Crippen molar-refractivity contribution in [3.05, 3.63) is 35.9 Å². The number of nitrogens with one attached hydrogen (secondary N) is 1. The Balaban J connectivity index is 2.45. The molecular formula is C14H17F2NO4. The molecule has 0 radical (unpaired) electrons. The molecule has 116 valence electrons. The van der Waals surface area contributed by atoms with Crippen LogP contribution < -0.4 is 5.32 Å². The number of carboxylic acids is 1. The van der Waals surface area contributed by atoms with Gasteiger partial charge in [-0.15, -0.1) is 0 Å². The largest absolute Gasteiger partial charge is 0.481 e. The summed E-state index contributed by atoms with van der Waals surface area (Å²) < 4.78 is 30.6. The Labute approximate surface area is 120 Å². The lowest BCUT2D eigenvalue weighted by atomic mass is 9.87. The zero-order chi connectivity index (χ0) is 15.9. The number of hydrogen-bond acceptors (Lipinski definition) is 3. The molecule has 0 saturated heterocycles. The summed E-state index contributed by atoms with van der Waals surface area (Å²) in [7, 11) is 0. The zero-order valence-corrected chi connectivity index (χ0v) is 11.5. The average molecular weight is 301 g/mol. The molecule has 0 heterocycles. The molecule has 21 heavy (non-hydrogen) atoms. The van der Waals surface area contributed by atoms with Crippen LogP contribution in [0, 0.1) is 5.41 Å². The van der Waals surface area contributed by atoms with Crippen molar-refractivity contribution in [2.24, 2.45) is 5.41 Å². The lowest BCUT2D eigenvalue weighted by Crippen LogP contribution is -2.41. The Hall–Kier alpha value is -2.18. The predicted octanol–water partition coefficient (Wildman–Crippen LogP) is 2.66. The molecule has 2 N–H and O–H groups in total. The molecule has 5 nitrogen and oxygen atoms in total. The Morgan fingerprint density at radius 2 is 1.95 bits per heavy atom. The first-order valence-corrected chi connectivity index (χ1v) is 6.28. The van der Waals surface area contributed by atoms with Crippen LogP contribution in [0.15, 0.2) is 30.3 Å². The normalized spacial score (nSPS) is 13.5. The van der Waals surface area contributed by atoms with E-state index in [4.69, 9.17) is 9.84 Å². The first-order valence-electron chi connectivity index (χ1n) is 6.28. The number of halogens is 2. The summed E-state index contributed by atoms with van der Waals surface area (Å²) in [4.78, 5) is 22.0. The van der Waals surface area contributed by atoms with Crippen molar-refractivity contribution in [2.45, 2.75) is 26.4 Å². The van der Waals surface area contributed by atoms with Crippen LogP contribution in [-0.2, 0) is 16.1 Å². The standard InChI is InChI=1S/C14H17F2NO4/c1-14(12(15)16,7-11(18)19)9-17-13(20)21-8-10-5-3-2-4-6-10/h2-6,12H,7-9H2,1H3,(H,17,20)(H,18,19). The Morgan fingerprint density at radius 1 is 1.33 bits per heavy atom. The third kappa shape index (κ3) is 5.76. The van der Waals surface area contributed by atoms with Gasteiger partial charge in [0, 0.05) is 6.54 Å². The van der Waals surface area contributed by atoms with E-state index >= 15 is 0 Å². The Kier molecular flexibility index (Phi) is 6.08. The lowest BCUT2D eigenvalue weighted by molar-refractivity contribution is -0.142. The monoisotopic (exact) mass is 301 g/mol. The van der Waals surface area contributed by atoms with Crippen LogP contribution in [0.4, 0.5) is 13.6 Å². The van der Waals surface area contributed by atoms with Crippen LogP contribution in [0.25, 0.3) is 0 Å². The molecule has 1 rings (SSSR count). The summed E-state index contributed by atoms with van der Waals surface area (Å²) in [5.74, 6) is -1.35. The molecule has 1 atom stereocenters. The van der Waals surface area contributed by atoms with E-state index in [1.807, 2.05) is 6.07 Å². The second-order valence-electron chi connectivity index (χ2n) is 4.94. The maximum Gasteiger partial charge on any atom is 0.407 e. The van der Waals surface area contributed by atoms with Gasteiger partial charge in [0.1, 0.15) is 6.61 Å². The number of carbonyl (C=O) groups excluding carboxylic acids is 1. The molecule has 0 bridgehead atoms. The van der Waals surface area contributed by atoms with Crippen LogP contribution in [0.5, 0.6) is 0 Å². The molecule has 0 fully saturated rings. The molecule has 0 saturated carbocycles. The minimum Gasteiger partial charge on any atom is -0.481 e. The van der Waals surface area contributed by atoms with Gasteiger partial charge in [0.15, 0.2) is 0 Å². The van der Waals surface area contributed by atoms with Crippen LogP contribution in [0.2, 0.25) is 0 Å². The fraction of sp³-hybridized carbons (Fsp3) is 0.429. The van der Waals surface area contributed by atoms with Crippen LogP contribution in [0.1, 0.15) is 18.9 Å². The third-order valence-corrected chi connectivity index (χ3v) is 2.93. The van der Waals surface area contributed by atoms with Crippen LogP contribution >= 0.6 is 0 Å². The van der Waals surface area contributed by atoms with Gasteiger partial charge in [0.25, 0.3) is 0 Å². The smallest absolute Gasteiger partial charge is 0.407 e. The molecule has 0 aliphatic heterocycles. The van der Waals surface area contributed by atoms with Crippen molar-refractivity contribution in [1.29, 1.82) is 0 Å². The quantitative estimate of drug-likeness (QED) is 0.812. The van der Waals surface area contributed by atoms with E-state index in [0.29, 0.717) is 0 Å². The first-order chi connectivity index (χ1) is 9.83. The number of carboxylic acid groups (broad SMARTS) is 1. The van der Waals surface area contributed by atoms with Gasteiger partial charge in [0.2, 0.25) is 6.43 Å². The summed E-state index contributed by atoms with van der Waals surface area (Å²) in [6, 6.07) is 8.86. The van der Waals surface area contributed by atoms with Gasteiger partial charge in [-0.3, -0.25) is 4.79 Å². The lowest BCUT2D eigenvalue weighted by Gasteiger charge is -2.26. The fourth-order valence-electron chi connectivity index (χ4n) is 1.61. The van der Waals surface area contributed by atoms with Crippen molar-refractivity contribution >= 4 is 12.1 Å². The van der Waals surface area contributed by atoms with Crippen molar-refractivity contribution in [1.82, 2.24) is 5.32 Å². The maximum absolute atomic E-state index is 12.9. The van der Waals surface area contributed by atoms with E-state index < -0.39 is 36.9 Å². The average Bonchev–Trinajstić information content (AvgIpc) is 2.43. The zero-order valence-electron chi connectivity index (χ0n) is 11.5. The molecule has 1 amide bonds. The molecule has 1 unspecified atom stereocenters. The van der Waals surface area contributed by atoms with Gasteiger partial charge in [-0.1, -0.05) is 37.3 Å². The van der Waals surface area contributed by atoms with Gasteiger partial charge in [-0.2, -0.15) is 0 Å².